The van der Waals surface area contributed by atoms with Gasteiger partial charge in [-0.25, -0.2) is 0 Å². The van der Waals surface area contributed by atoms with Gasteiger partial charge in [0.25, 0.3) is 0 Å². The van der Waals surface area contributed by atoms with Gasteiger partial charge in [0.2, 0.25) is 0 Å². The molecule has 2 nitrogen and oxygen atoms in total. The van der Waals surface area contributed by atoms with Gasteiger partial charge in [0.15, 0.2) is 0 Å². The Morgan fingerprint density at radius 3 is 2.58 bits per heavy atom. The summed E-state index contributed by atoms with van der Waals surface area (Å²) in [7, 11) is 0. The van der Waals surface area contributed by atoms with Crippen molar-refractivity contribution in [3.05, 3.63) is 29.8 Å². The summed E-state index contributed by atoms with van der Waals surface area (Å²) in [5, 5.41) is 3.59. The van der Waals surface area contributed by atoms with Crippen molar-refractivity contribution in [1.29, 1.82) is 0 Å². The maximum atomic E-state index is 6.08. The largest absolute Gasteiger partial charge is 0.490 e. The summed E-state index contributed by atoms with van der Waals surface area (Å²) in [5.41, 5.74) is 1.41. The van der Waals surface area contributed by atoms with Crippen LogP contribution in [0.1, 0.15) is 51.5 Å². The third-order valence-electron chi connectivity index (χ3n) is 3.83. The van der Waals surface area contributed by atoms with E-state index < -0.39 is 0 Å². The maximum absolute atomic E-state index is 6.08. The Balaban J connectivity index is 1.78. The van der Waals surface area contributed by atoms with E-state index in [-0.39, 0.29) is 0 Å². The summed E-state index contributed by atoms with van der Waals surface area (Å²) in [5.74, 6) is 1.03. The molecule has 0 aliphatic heterocycles. The van der Waals surface area contributed by atoms with Gasteiger partial charge in [-0.3, -0.25) is 0 Å². The fourth-order valence-corrected chi connectivity index (χ4v) is 2.80. The molecule has 19 heavy (non-hydrogen) atoms. The molecule has 1 aromatic carbocycles. The molecule has 0 amide bonds. The van der Waals surface area contributed by atoms with Crippen molar-refractivity contribution < 1.29 is 4.74 Å². The lowest BCUT2D eigenvalue weighted by Crippen LogP contribution is -2.28. The van der Waals surface area contributed by atoms with E-state index in [1.54, 1.807) is 0 Å². The van der Waals surface area contributed by atoms with Gasteiger partial charge < -0.3 is 10.1 Å². The van der Waals surface area contributed by atoms with Crippen LogP contribution < -0.4 is 10.1 Å². The van der Waals surface area contributed by atoms with Crippen LogP contribution in [0.2, 0.25) is 0 Å². The Labute approximate surface area is 117 Å². The summed E-state index contributed by atoms with van der Waals surface area (Å²) in [6.45, 7) is 5.56. The van der Waals surface area contributed by atoms with Crippen molar-refractivity contribution in [1.82, 2.24) is 5.32 Å². The van der Waals surface area contributed by atoms with Crippen LogP contribution >= 0.6 is 0 Å². The number of aryl methyl sites for hydroxylation is 1. The Morgan fingerprint density at radius 1 is 1.11 bits per heavy atom. The zero-order chi connectivity index (χ0) is 13.5. The van der Waals surface area contributed by atoms with Gasteiger partial charge in [0.1, 0.15) is 11.9 Å². The number of benzene rings is 1. The first-order valence-electron chi connectivity index (χ1n) is 7.80. The smallest absolute Gasteiger partial charge is 0.119 e. The van der Waals surface area contributed by atoms with E-state index in [2.05, 4.69) is 43.4 Å². The molecule has 2 heteroatoms. The van der Waals surface area contributed by atoms with Gasteiger partial charge in [-0.15, -0.1) is 0 Å². The van der Waals surface area contributed by atoms with Gasteiger partial charge in [0, 0.05) is 6.04 Å². The van der Waals surface area contributed by atoms with E-state index in [4.69, 9.17) is 4.74 Å². The number of nitrogens with one attached hydrogen (secondary N) is 1. The van der Waals surface area contributed by atoms with E-state index in [0.29, 0.717) is 12.1 Å². The predicted molar refractivity (Wildman–Crippen MR) is 80.8 cm³/mol. The van der Waals surface area contributed by atoms with Crippen LogP contribution in [-0.4, -0.2) is 18.7 Å². The van der Waals surface area contributed by atoms with Crippen molar-refractivity contribution in [3.8, 4) is 5.75 Å². The van der Waals surface area contributed by atoms with Crippen molar-refractivity contribution in [2.45, 2.75) is 64.5 Å². The van der Waals surface area contributed by atoms with Gasteiger partial charge >= 0.3 is 0 Å². The van der Waals surface area contributed by atoms with Crippen LogP contribution in [0.3, 0.4) is 0 Å². The second-order valence-corrected chi connectivity index (χ2v) is 5.60. The van der Waals surface area contributed by atoms with Crippen LogP contribution in [0.5, 0.6) is 5.75 Å². The fourth-order valence-electron chi connectivity index (χ4n) is 2.80. The molecule has 0 spiro atoms. The third kappa shape index (κ3) is 4.54. The van der Waals surface area contributed by atoms with E-state index in [1.807, 2.05) is 0 Å². The molecule has 1 N–H and O–H groups in total. The second kappa shape index (κ2) is 7.54. The number of rotatable bonds is 7. The molecule has 1 aliphatic carbocycles. The molecule has 2 rings (SSSR count). The van der Waals surface area contributed by atoms with E-state index in [0.717, 1.165) is 25.1 Å². The van der Waals surface area contributed by atoms with Crippen molar-refractivity contribution >= 4 is 0 Å². The summed E-state index contributed by atoms with van der Waals surface area (Å²) in [4.78, 5) is 0. The number of hydrogen-bond donors (Lipinski definition) is 1. The van der Waals surface area contributed by atoms with Gasteiger partial charge in [-0.05, 0) is 56.3 Å². The normalized spacial score (nSPS) is 22.6. The zero-order valence-electron chi connectivity index (χ0n) is 12.3. The molecule has 2 unspecified atom stereocenters. The average molecular weight is 261 g/mol. The first kappa shape index (κ1) is 14.4. The highest BCUT2D eigenvalue weighted by molar-refractivity contribution is 5.27. The van der Waals surface area contributed by atoms with E-state index in [9.17, 15) is 0 Å². The van der Waals surface area contributed by atoms with Crippen molar-refractivity contribution in [2.24, 2.45) is 0 Å². The summed E-state index contributed by atoms with van der Waals surface area (Å²) in [6.07, 6.45) is 7.54. The van der Waals surface area contributed by atoms with Gasteiger partial charge in [-0.2, -0.15) is 0 Å². The molecule has 0 saturated heterocycles. The minimum Gasteiger partial charge on any atom is -0.490 e. The second-order valence-electron chi connectivity index (χ2n) is 5.60. The highest BCUT2D eigenvalue weighted by atomic mass is 16.5. The standard InChI is InChI=1S/C17H27NO/c1-3-5-14-6-9-16(10-7-14)19-17-11-8-15(13-17)18-12-4-2/h6-7,9-10,15,17-18H,3-5,8,11-13H2,1-2H3. The number of hydrogen-bond acceptors (Lipinski definition) is 2. The van der Waals surface area contributed by atoms with Crippen LogP contribution in [0, 0.1) is 0 Å². The predicted octanol–water partition coefficient (Wildman–Crippen LogP) is 3.94. The molecule has 0 aromatic heterocycles. The van der Waals surface area contributed by atoms with Gasteiger partial charge in [0.05, 0.1) is 0 Å². The minimum absolute atomic E-state index is 0.395. The highest BCUT2D eigenvalue weighted by Gasteiger charge is 2.25. The first-order valence-corrected chi connectivity index (χ1v) is 7.80. The Kier molecular flexibility index (Phi) is 5.71. The molecule has 1 saturated carbocycles. The lowest BCUT2D eigenvalue weighted by atomic mass is 10.1. The maximum Gasteiger partial charge on any atom is 0.119 e. The summed E-state index contributed by atoms with van der Waals surface area (Å²) < 4.78 is 6.08. The lowest BCUT2D eigenvalue weighted by molar-refractivity contribution is 0.206. The molecular weight excluding hydrogens is 234 g/mol. The third-order valence-corrected chi connectivity index (χ3v) is 3.83. The molecule has 0 heterocycles. The molecule has 1 fully saturated rings. The van der Waals surface area contributed by atoms with Crippen LogP contribution in [-0.2, 0) is 6.42 Å². The molecule has 1 aromatic rings. The monoisotopic (exact) mass is 261 g/mol. The SMILES string of the molecule is CCCNC1CCC(Oc2ccc(CCC)cc2)C1. The van der Waals surface area contributed by atoms with E-state index in [1.165, 1.54) is 31.2 Å². The average Bonchev–Trinajstić information content (AvgIpc) is 2.87. The zero-order valence-corrected chi connectivity index (χ0v) is 12.3. The molecule has 2 atom stereocenters. The fraction of sp³-hybridized carbons (Fsp3) is 0.647. The molecule has 0 radical (unpaired) electrons. The highest BCUT2D eigenvalue weighted by Crippen LogP contribution is 2.25. The Bertz CT molecular complexity index is 360. The van der Waals surface area contributed by atoms with Gasteiger partial charge in [-0.1, -0.05) is 32.4 Å². The Morgan fingerprint density at radius 2 is 1.89 bits per heavy atom. The molecule has 106 valence electrons. The topological polar surface area (TPSA) is 21.3 Å². The molecule has 0 bridgehead atoms. The first-order chi connectivity index (χ1) is 9.31. The quantitative estimate of drug-likeness (QED) is 0.802. The Hall–Kier alpha value is -1.02. The van der Waals surface area contributed by atoms with Crippen molar-refractivity contribution in [3.63, 3.8) is 0 Å². The number of ether oxygens (including phenoxy) is 1. The molecular formula is C17H27NO. The van der Waals surface area contributed by atoms with E-state index >= 15 is 0 Å². The minimum atomic E-state index is 0.395. The van der Waals surface area contributed by atoms with Crippen LogP contribution in [0.15, 0.2) is 24.3 Å². The molecule has 1 aliphatic rings. The summed E-state index contributed by atoms with van der Waals surface area (Å²) in [6, 6.07) is 9.29. The summed E-state index contributed by atoms with van der Waals surface area (Å²) >= 11 is 0. The van der Waals surface area contributed by atoms with Crippen LogP contribution in [0.4, 0.5) is 0 Å². The van der Waals surface area contributed by atoms with Crippen LogP contribution in [0.25, 0.3) is 0 Å². The lowest BCUT2D eigenvalue weighted by Gasteiger charge is -2.15. The van der Waals surface area contributed by atoms with Crippen molar-refractivity contribution in [2.75, 3.05) is 6.54 Å².